The number of benzene rings is 1. The van der Waals surface area contributed by atoms with Crippen molar-refractivity contribution in [2.45, 2.75) is 25.4 Å². The maximum Gasteiger partial charge on any atom is 0.418 e. The van der Waals surface area contributed by atoms with E-state index in [-0.39, 0.29) is 17.3 Å². The van der Waals surface area contributed by atoms with Crippen LogP contribution in [0.4, 0.5) is 18.9 Å². The predicted octanol–water partition coefficient (Wildman–Crippen LogP) is 3.93. The molecule has 0 aromatic heterocycles. The molecule has 0 saturated heterocycles. The molecule has 102 valence electrons. The zero-order valence-electron chi connectivity index (χ0n) is 9.73. The van der Waals surface area contributed by atoms with Crippen LogP contribution in [0.15, 0.2) is 18.2 Å². The van der Waals surface area contributed by atoms with Crippen molar-refractivity contribution in [1.29, 1.82) is 0 Å². The van der Waals surface area contributed by atoms with Crippen molar-refractivity contribution in [3.63, 3.8) is 0 Å². The molecule has 0 aliphatic carbocycles. The summed E-state index contributed by atoms with van der Waals surface area (Å²) in [4.78, 5) is 0. The molecule has 1 rings (SSSR count). The molecule has 0 radical (unpaired) electrons. The molecule has 1 aromatic rings. The van der Waals surface area contributed by atoms with E-state index >= 15 is 0 Å². The van der Waals surface area contributed by atoms with E-state index in [1.807, 2.05) is 0 Å². The number of aliphatic hydroxyl groups is 1. The Balaban J connectivity index is 2.69. The van der Waals surface area contributed by atoms with Crippen LogP contribution in [0.3, 0.4) is 0 Å². The minimum absolute atomic E-state index is 0.0620. The third kappa shape index (κ3) is 4.38. The number of aliphatic hydroxyl groups excluding tert-OH is 1. The molecular weight excluding hydrogens is 267 g/mol. The van der Waals surface area contributed by atoms with Gasteiger partial charge in [-0.05, 0) is 31.4 Å². The molecule has 0 aliphatic rings. The van der Waals surface area contributed by atoms with Crippen LogP contribution in [0.2, 0.25) is 5.02 Å². The van der Waals surface area contributed by atoms with Crippen molar-refractivity contribution in [2.24, 2.45) is 0 Å². The number of alkyl halides is 3. The lowest BCUT2D eigenvalue weighted by molar-refractivity contribution is -0.136. The summed E-state index contributed by atoms with van der Waals surface area (Å²) in [7, 11) is 0. The first-order valence-corrected chi connectivity index (χ1v) is 6.05. The van der Waals surface area contributed by atoms with Crippen molar-refractivity contribution in [1.82, 2.24) is 0 Å². The number of halogens is 4. The Labute approximate surface area is 109 Å². The van der Waals surface area contributed by atoms with Gasteiger partial charge in [0.25, 0.3) is 0 Å². The van der Waals surface area contributed by atoms with Gasteiger partial charge >= 0.3 is 6.18 Å². The fraction of sp³-hybridized carbons (Fsp3) is 0.500. The molecule has 6 heteroatoms. The number of hydrogen-bond donors (Lipinski definition) is 2. The number of para-hydroxylation sites is 1. The molecule has 0 fully saturated rings. The molecular formula is C12H15ClF3NO. The molecule has 0 saturated carbocycles. The van der Waals surface area contributed by atoms with Crippen LogP contribution < -0.4 is 5.32 Å². The van der Waals surface area contributed by atoms with Gasteiger partial charge in [0.1, 0.15) is 0 Å². The number of unbranched alkanes of at least 4 members (excludes halogenated alkanes) is 2. The van der Waals surface area contributed by atoms with Crippen LogP contribution in [0.25, 0.3) is 0 Å². The first-order valence-electron chi connectivity index (χ1n) is 5.67. The third-order valence-electron chi connectivity index (χ3n) is 2.46. The topological polar surface area (TPSA) is 32.3 Å². The van der Waals surface area contributed by atoms with Gasteiger partial charge in [-0.15, -0.1) is 0 Å². The highest BCUT2D eigenvalue weighted by Gasteiger charge is 2.34. The van der Waals surface area contributed by atoms with E-state index in [1.54, 1.807) is 0 Å². The van der Waals surface area contributed by atoms with Crippen LogP contribution in [-0.2, 0) is 6.18 Å². The van der Waals surface area contributed by atoms with Crippen molar-refractivity contribution < 1.29 is 18.3 Å². The molecule has 0 unspecified atom stereocenters. The van der Waals surface area contributed by atoms with E-state index in [1.165, 1.54) is 12.1 Å². The average Bonchev–Trinajstić information content (AvgIpc) is 2.29. The first-order chi connectivity index (χ1) is 8.46. The second kappa shape index (κ2) is 6.85. The summed E-state index contributed by atoms with van der Waals surface area (Å²) in [5, 5.41) is 11.4. The van der Waals surface area contributed by atoms with E-state index in [0.717, 1.165) is 12.5 Å². The first kappa shape index (κ1) is 15.1. The second-order valence-corrected chi connectivity index (χ2v) is 4.28. The molecule has 0 amide bonds. The standard InChI is InChI=1S/C12H15ClF3NO/c13-10-6-4-5-9(12(14,15)16)11(10)17-7-2-1-3-8-18/h4-6,17-18H,1-3,7-8H2. The average molecular weight is 282 g/mol. The van der Waals surface area contributed by atoms with Crippen LogP contribution >= 0.6 is 11.6 Å². The van der Waals surface area contributed by atoms with E-state index in [4.69, 9.17) is 16.7 Å². The van der Waals surface area contributed by atoms with Gasteiger partial charge < -0.3 is 10.4 Å². The monoisotopic (exact) mass is 281 g/mol. The summed E-state index contributed by atoms with van der Waals surface area (Å²) in [6, 6.07) is 3.71. The zero-order chi connectivity index (χ0) is 13.6. The van der Waals surface area contributed by atoms with Gasteiger partial charge in [-0.2, -0.15) is 13.2 Å². The molecule has 2 N–H and O–H groups in total. The van der Waals surface area contributed by atoms with Crippen molar-refractivity contribution in [2.75, 3.05) is 18.5 Å². The highest BCUT2D eigenvalue weighted by atomic mass is 35.5. The summed E-state index contributed by atoms with van der Waals surface area (Å²) >= 11 is 5.77. The molecule has 1 aromatic carbocycles. The van der Waals surface area contributed by atoms with E-state index in [2.05, 4.69) is 5.32 Å². The van der Waals surface area contributed by atoms with E-state index < -0.39 is 11.7 Å². The largest absolute Gasteiger partial charge is 0.418 e. The Morgan fingerprint density at radius 1 is 1.17 bits per heavy atom. The number of rotatable bonds is 6. The van der Waals surface area contributed by atoms with Gasteiger partial charge in [-0.3, -0.25) is 0 Å². The van der Waals surface area contributed by atoms with E-state index in [0.29, 0.717) is 19.4 Å². The zero-order valence-corrected chi connectivity index (χ0v) is 10.5. The predicted molar refractivity (Wildman–Crippen MR) is 65.9 cm³/mol. The van der Waals surface area contributed by atoms with Crippen LogP contribution in [0.5, 0.6) is 0 Å². The molecule has 0 atom stereocenters. The fourth-order valence-electron chi connectivity index (χ4n) is 1.57. The summed E-state index contributed by atoms with van der Waals surface area (Å²) in [5.41, 5.74) is -0.826. The molecule has 0 heterocycles. The Morgan fingerprint density at radius 2 is 1.89 bits per heavy atom. The van der Waals surface area contributed by atoms with Crippen LogP contribution in [0, 0.1) is 0 Å². The quantitative estimate of drug-likeness (QED) is 0.774. The molecule has 0 spiro atoms. The second-order valence-electron chi connectivity index (χ2n) is 3.87. The third-order valence-corrected chi connectivity index (χ3v) is 2.77. The summed E-state index contributed by atoms with van der Waals surface area (Å²) in [6.07, 6.45) is -2.33. The molecule has 0 bridgehead atoms. The van der Waals surface area contributed by atoms with Crippen molar-refractivity contribution in [3.05, 3.63) is 28.8 Å². The Morgan fingerprint density at radius 3 is 2.50 bits per heavy atom. The van der Waals surface area contributed by atoms with Crippen molar-refractivity contribution in [3.8, 4) is 0 Å². The van der Waals surface area contributed by atoms with Crippen LogP contribution in [-0.4, -0.2) is 18.3 Å². The Bertz CT molecular complexity index is 382. The lowest BCUT2D eigenvalue weighted by Gasteiger charge is -2.15. The van der Waals surface area contributed by atoms with Gasteiger partial charge in [0, 0.05) is 13.2 Å². The smallest absolute Gasteiger partial charge is 0.396 e. The maximum atomic E-state index is 12.7. The molecule has 0 aliphatic heterocycles. The minimum atomic E-state index is -4.42. The van der Waals surface area contributed by atoms with E-state index in [9.17, 15) is 13.2 Å². The SMILES string of the molecule is OCCCCCNc1c(Cl)cccc1C(F)(F)F. The van der Waals surface area contributed by atoms with Gasteiger partial charge in [0.15, 0.2) is 0 Å². The Kier molecular flexibility index (Phi) is 5.75. The molecule has 18 heavy (non-hydrogen) atoms. The summed E-state index contributed by atoms with van der Waals surface area (Å²) in [5.74, 6) is 0. The normalized spacial score (nSPS) is 11.6. The van der Waals surface area contributed by atoms with Crippen molar-refractivity contribution >= 4 is 17.3 Å². The van der Waals surface area contributed by atoms with Crippen LogP contribution in [0.1, 0.15) is 24.8 Å². The lowest BCUT2D eigenvalue weighted by atomic mass is 10.1. The van der Waals surface area contributed by atoms with Gasteiger partial charge in [0.05, 0.1) is 16.3 Å². The Hall–Kier alpha value is -0.940. The fourth-order valence-corrected chi connectivity index (χ4v) is 1.81. The van der Waals surface area contributed by atoms with Gasteiger partial charge in [0.2, 0.25) is 0 Å². The summed E-state index contributed by atoms with van der Waals surface area (Å²) in [6.45, 7) is 0.493. The van der Waals surface area contributed by atoms with Gasteiger partial charge in [-0.1, -0.05) is 17.7 Å². The highest BCUT2D eigenvalue weighted by molar-refractivity contribution is 6.33. The summed E-state index contributed by atoms with van der Waals surface area (Å²) < 4.78 is 38.2. The number of hydrogen-bond acceptors (Lipinski definition) is 2. The number of nitrogens with one attached hydrogen (secondary N) is 1. The van der Waals surface area contributed by atoms with Gasteiger partial charge in [-0.25, -0.2) is 0 Å². The number of anilines is 1. The minimum Gasteiger partial charge on any atom is -0.396 e. The maximum absolute atomic E-state index is 12.7. The molecule has 2 nitrogen and oxygen atoms in total. The lowest BCUT2D eigenvalue weighted by Crippen LogP contribution is -2.12. The highest BCUT2D eigenvalue weighted by Crippen LogP contribution is 2.38.